The molecule has 2 aromatic heterocycles. The Hall–Kier alpha value is -4.51. The summed E-state index contributed by atoms with van der Waals surface area (Å²) in [5.41, 5.74) is 5.40. The number of nitrogens with zero attached hydrogens (tertiary/aromatic N) is 4. The Bertz CT molecular complexity index is 1320. The number of benzene rings is 2. The molecule has 8 nitrogen and oxygen atoms in total. The third-order valence-electron chi connectivity index (χ3n) is 5.07. The van der Waals surface area contributed by atoms with Crippen molar-refractivity contribution in [2.24, 2.45) is 0 Å². The van der Waals surface area contributed by atoms with E-state index >= 15 is 0 Å². The quantitative estimate of drug-likeness (QED) is 0.422. The Kier molecular flexibility index (Phi) is 6.41. The number of amides is 1. The van der Waals surface area contributed by atoms with Crippen molar-refractivity contribution < 1.29 is 9.32 Å². The summed E-state index contributed by atoms with van der Waals surface area (Å²) in [6.07, 6.45) is 1.47. The van der Waals surface area contributed by atoms with E-state index in [4.69, 9.17) is 9.78 Å². The van der Waals surface area contributed by atoms with Crippen LogP contribution in [0, 0.1) is 25.2 Å². The van der Waals surface area contributed by atoms with E-state index in [2.05, 4.69) is 25.8 Å². The second-order valence-electron chi connectivity index (χ2n) is 7.48. The summed E-state index contributed by atoms with van der Waals surface area (Å²) in [5.74, 6) is 1.28. The molecular weight excluding hydrogens is 416 g/mol. The Balaban J connectivity index is 1.51. The fourth-order valence-corrected chi connectivity index (χ4v) is 3.42. The second-order valence-corrected chi connectivity index (χ2v) is 7.48. The van der Waals surface area contributed by atoms with Gasteiger partial charge in [0.25, 0.3) is 5.89 Å². The van der Waals surface area contributed by atoms with E-state index in [1.165, 1.54) is 0 Å². The topological polar surface area (TPSA) is 117 Å². The first-order valence-electron chi connectivity index (χ1n) is 10.4. The maximum absolute atomic E-state index is 11.9. The molecule has 4 aromatic rings. The van der Waals surface area contributed by atoms with Crippen LogP contribution in [0.15, 0.2) is 65.3 Å². The highest BCUT2D eigenvalue weighted by Gasteiger charge is 2.13. The Labute approximate surface area is 191 Å². The zero-order chi connectivity index (χ0) is 23.2. The molecule has 2 heterocycles. The van der Waals surface area contributed by atoms with E-state index in [0.29, 0.717) is 29.8 Å². The van der Waals surface area contributed by atoms with Gasteiger partial charge in [-0.05, 0) is 48.2 Å². The summed E-state index contributed by atoms with van der Waals surface area (Å²) in [7, 11) is 0. The molecule has 33 heavy (non-hydrogen) atoms. The predicted molar refractivity (Wildman–Crippen MR) is 125 cm³/mol. The molecule has 0 aliphatic rings. The summed E-state index contributed by atoms with van der Waals surface area (Å²) >= 11 is 0. The molecule has 0 fully saturated rings. The van der Waals surface area contributed by atoms with Gasteiger partial charge < -0.3 is 15.2 Å². The molecule has 0 unspecified atom stereocenters. The lowest BCUT2D eigenvalue weighted by Gasteiger charge is -2.14. The van der Waals surface area contributed by atoms with Gasteiger partial charge >= 0.3 is 0 Å². The lowest BCUT2D eigenvalue weighted by Crippen LogP contribution is -2.14. The van der Waals surface area contributed by atoms with Crippen LogP contribution in [0.2, 0.25) is 0 Å². The number of nitrogens with one attached hydrogen (secondary N) is 2. The molecule has 0 saturated heterocycles. The van der Waals surface area contributed by atoms with Gasteiger partial charge in [-0.1, -0.05) is 47.6 Å². The summed E-state index contributed by atoms with van der Waals surface area (Å²) in [5, 5.41) is 18.7. The second kappa shape index (κ2) is 9.75. The number of carbonyl (C=O) groups excluding carboxylic acids is 1. The van der Waals surface area contributed by atoms with Crippen LogP contribution in [0.1, 0.15) is 23.4 Å². The van der Waals surface area contributed by atoms with Gasteiger partial charge in [0, 0.05) is 18.3 Å². The molecule has 0 atom stereocenters. The average molecular weight is 438 g/mol. The Morgan fingerprint density at radius 2 is 1.82 bits per heavy atom. The van der Waals surface area contributed by atoms with Gasteiger partial charge in [0.15, 0.2) is 5.82 Å². The minimum Gasteiger partial charge on any atom is -0.364 e. The molecule has 2 aromatic carbocycles. The first-order chi connectivity index (χ1) is 16.0. The van der Waals surface area contributed by atoms with Gasteiger partial charge in [0.2, 0.25) is 5.91 Å². The Morgan fingerprint density at radius 1 is 1.06 bits per heavy atom. The molecular formula is C25H22N6O2. The van der Waals surface area contributed by atoms with Crippen molar-refractivity contribution in [2.45, 2.75) is 26.8 Å². The number of anilines is 2. The number of aryl methyl sites for hydroxylation is 2. The van der Waals surface area contributed by atoms with E-state index in [1.807, 2.05) is 67.6 Å². The van der Waals surface area contributed by atoms with Crippen molar-refractivity contribution >= 4 is 17.4 Å². The summed E-state index contributed by atoms with van der Waals surface area (Å²) in [6, 6.07) is 19.7. The number of carbonyl (C=O) groups is 1. The van der Waals surface area contributed by atoms with Crippen molar-refractivity contribution in [1.82, 2.24) is 15.1 Å². The molecule has 0 aliphatic carbocycles. The van der Waals surface area contributed by atoms with E-state index in [-0.39, 0.29) is 12.3 Å². The number of hydrogen-bond donors (Lipinski definition) is 2. The number of nitriles is 1. The molecule has 8 heteroatoms. The fourth-order valence-electron chi connectivity index (χ4n) is 3.42. The predicted octanol–water partition coefficient (Wildman–Crippen LogP) is 4.88. The number of pyridine rings is 1. The largest absolute Gasteiger partial charge is 0.364 e. The molecule has 4 rings (SSSR count). The zero-order valence-corrected chi connectivity index (χ0v) is 18.3. The van der Waals surface area contributed by atoms with Crippen LogP contribution in [0.3, 0.4) is 0 Å². The number of hydrogen-bond acceptors (Lipinski definition) is 7. The number of rotatable bonds is 7. The minimum atomic E-state index is -0.365. The maximum Gasteiger partial charge on any atom is 0.258 e. The van der Waals surface area contributed by atoms with E-state index in [9.17, 15) is 4.79 Å². The molecule has 0 saturated carbocycles. The highest BCUT2D eigenvalue weighted by Crippen LogP contribution is 2.31. The summed E-state index contributed by atoms with van der Waals surface area (Å²) < 4.78 is 5.36. The highest BCUT2D eigenvalue weighted by atomic mass is 16.5. The van der Waals surface area contributed by atoms with Crippen LogP contribution in [-0.2, 0) is 11.3 Å². The van der Waals surface area contributed by atoms with Crippen molar-refractivity contribution in [3.8, 4) is 28.7 Å². The molecule has 164 valence electrons. The van der Waals surface area contributed by atoms with E-state index < -0.39 is 0 Å². The van der Waals surface area contributed by atoms with E-state index in [1.54, 1.807) is 13.1 Å². The lowest BCUT2D eigenvalue weighted by atomic mass is 9.98. The van der Waals surface area contributed by atoms with Gasteiger partial charge in [-0.2, -0.15) is 10.2 Å². The van der Waals surface area contributed by atoms with Crippen LogP contribution < -0.4 is 10.6 Å². The van der Waals surface area contributed by atoms with Crippen LogP contribution >= 0.6 is 0 Å². The van der Waals surface area contributed by atoms with Gasteiger partial charge in [0.1, 0.15) is 12.2 Å². The van der Waals surface area contributed by atoms with Gasteiger partial charge in [-0.25, -0.2) is 4.98 Å². The normalized spacial score (nSPS) is 10.5. The molecule has 0 aliphatic heterocycles. The standard InChI is InChI=1S/C25H22N6O2/c1-16-12-14-27-24(23(16)30-22(32)11-13-26)28-15-18-7-9-19(10-8-18)20-5-3-4-6-21(20)25-29-17(2)31-33-25/h3-10,12,14H,11,15H2,1-2H3,(H,27,28)(H,30,32). The van der Waals surface area contributed by atoms with Crippen molar-refractivity contribution in [3.63, 3.8) is 0 Å². The molecule has 0 bridgehead atoms. The van der Waals surface area contributed by atoms with Crippen LogP contribution in [0.5, 0.6) is 0 Å². The highest BCUT2D eigenvalue weighted by molar-refractivity contribution is 5.95. The number of aromatic nitrogens is 3. The van der Waals surface area contributed by atoms with Crippen LogP contribution in [-0.4, -0.2) is 21.0 Å². The van der Waals surface area contributed by atoms with Gasteiger partial charge in [0.05, 0.1) is 11.8 Å². The first kappa shape index (κ1) is 21.7. The first-order valence-corrected chi connectivity index (χ1v) is 10.4. The van der Waals surface area contributed by atoms with Crippen molar-refractivity contribution in [2.75, 3.05) is 10.6 Å². The molecule has 0 radical (unpaired) electrons. The van der Waals surface area contributed by atoms with Crippen LogP contribution in [0.25, 0.3) is 22.6 Å². The van der Waals surface area contributed by atoms with E-state index in [0.717, 1.165) is 27.8 Å². The monoisotopic (exact) mass is 438 g/mol. The minimum absolute atomic E-state index is 0.208. The zero-order valence-electron chi connectivity index (χ0n) is 18.3. The van der Waals surface area contributed by atoms with Gasteiger partial charge in [-0.3, -0.25) is 4.79 Å². The van der Waals surface area contributed by atoms with Gasteiger partial charge in [-0.15, -0.1) is 0 Å². The molecule has 2 N–H and O–H groups in total. The third-order valence-corrected chi connectivity index (χ3v) is 5.07. The smallest absolute Gasteiger partial charge is 0.258 e. The van der Waals surface area contributed by atoms with Crippen molar-refractivity contribution in [3.05, 3.63) is 77.7 Å². The average Bonchev–Trinajstić information content (AvgIpc) is 3.26. The summed E-state index contributed by atoms with van der Waals surface area (Å²) in [6.45, 7) is 4.19. The van der Waals surface area contributed by atoms with Crippen molar-refractivity contribution in [1.29, 1.82) is 5.26 Å². The fraction of sp³-hybridized carbons (Fsp3) is 0.160. The Morgan fingerprint density at radius 3 is 2.52 bits per heavy atom. The van der Waals surface area contributed by atoms with Crippen LogP contribution in [0.4, 0.5) is 11.5 Å². The molecule has 1 amide bonds. The SMILES string of the molecule is Cc1noc(-c2ccccc2-c2ccc(CNc3nccc(C)c3NC(=O)CC#N)cc2)n1. The lowest BCUT2D eigenvalue weighted by molar-refractivity contribution is -0.115. The third kappa shape index (κ3) is 5.05. The molecule has 0 spiro atoms. The maximum atomic E-state index is 11.9. The summed E-state index contributed by atoms with van der Waals surface area (Å²) in [4.78, 5) is 20.6.